The van der Waals surface area contributed by atoms with E-state index in [-0.39, 0.29) is 12.5 Å². The number of carbonyl (C=O) groups excluding carboxylic acids is 1. The molecule has 0 atom stereocenters. The number of aliphatic hydroxyl groups is 1. The summed E-state index contributed by atoms with van der Waals surface area (Å²) >= 11 is 0. The first-order valence-corrected chi connectivity index (χ1v) is 10.0. The number of carbonyl (C=O) groups is 1. The van der Waals surface area contributed by atoms with Gasteiger partial charge >= 0.3 is 0 Å². The Balaban J connectivity index is 1.79. The Labute approximate surface area is 177 Å². The largest absolute Gasteiger partial charge is 0.395 e. The molecule has 0 fully saturated rings. The summed E-state index contributed by atoms with van der Waals surface area (Å²) in [4.78, 5) is 17.0. The second-order valence-corrected chi connectivity index (χ2v) is 7.11. The van der Waals surface area contributed by atoms with Gasteiger partial charge in [-0.1, -0.05) is 30.3 Å². The van der Waals surface area contributed by atoms with Crippen molar-refractivity contribution < 1.29 is 9.90 Å². The summed E-state index contributed by atoms with van der Waals surface area (Å²) in [5, 5.41) is 18.1. The molecule has 1 amide bonds. The summed E-state index contributed by atoms with van der Waals surface area (Å²) in [6.45, 7) is 5.31. The van der Waals surface area contributed by atoms with Crippen molar-refractivity contribution in [3.05, 3.63) is 77.1 Å². The van der Waals surface area contributed by atoms with E-state index in [1.807, 2.05) is 38.2 Å². The fourth-order valence-electron chi connectivity index (χ4n) is 3.42. The summed E-state index contributed by atoms with van der Waals surface area (Å²) in [6, 6.07) is 15.7. The van der Waals surface area contributed by atoms with Gasteiger partial charge in [0.1, 0.15) is 5.69 Å². The predicted molar refractivity (Wildman–Crippen MR) is 122 cm³/mol. The molecule has 0 radical (unpaired) electrons. The van der Waals surface area contributed by atoms with Crippen molar-refractivity contribution >= 4 is 17.3 Å². The number of pyridine rings is 1. The lowest BCUT2D eigenvalue weighted by Crippen LogP contribution is -2.18. The van der Waals surface area contributed by atoms with Crippen LogP contribution in [0.4, 0.5) is 11.4 Å². The molecule has 6 heteroatoms. The highest BCUT2D eigenvalue weighted by Gasteiger charge is 2.13. The van der Waals surface area contributed by atoms with Gasteiger partial charge < -0.3 is 21.1 Å². The van der Waals surface area contributed by atoms with Crippen LogP contribution in [0, 0.1) is 13.8 Å². The average Bonchev–Trinajstić information content (AvgIpc) is 2.76. The molecule has 30 heavy (non-hydrogen) atoms. The normalized spacial score (nSPS) is 10.7. The summed E-state index contributed by atoms with van der Waals surface area (Å²) in [6.07, 6.45) is 1.68. The first kappa shape index (κ1) is 21.5. The minimum absolute atomic E-state index is 0.0884. The average molecular weight is 405 g/mol. The van der Waals surface area contributed by atoms with Crippen molar-refractivity contribution in [2.75, 3.05) is 30.8 Å². The molecular formula is C24H28N4O2. The van der Waals surface area contributed by atoms with Crippen molar-refractivity contribution in [1.82, 2.24) is 10.3 Å². The van der Waals surface area contributed by atoms with Gasteiger partial charge in [-0.2, -0.15) is 0 Å². The SMILES string of the molecule is CNc1cccc(-c2cccc(NC(=O)c3ccc(CNCCO)cn3)c2C)c1C. The molecule has 1 aromatic heterocycles. The predicted octanol–water partition coefficient (Wildman–Crippen LogP) is 3.74. The number of hydrogen-bond acceptors (Lipinski definition) is 5. The van der Waals surface area contributed by atoms with Crippen LogP contribution in [0.1, 0.15) is 27.2 Å². The molecular weight excluding hydrogens is 376 g/mol. The zero-order valence-electron chi connectivity index (χ0n) is 17.6. The lowest BCUT2D eigenvalue weighted by atomic mass is 9.94. The standard InChI is InChI=1S/C24H28N4O2/c1-16-19(6-4-8-21(16)25-3)20-7-5-9-22(17(20)2)28-24(30)23-11-10-18(15-27-23)14-26-12-13-29/h4-11,15,25-26,29H,12-14H2,1-3H3,(H,28,30). The molecule has 4 N–H and O–H groups in total. The van der Waals surface area contributed by atoms with Gasteiger partial charge in [0.25, 0.3) is 5.91 Å². The highest BCUT2D eigenvalue weighted by molar-refractivity contribution is 6.03. The first-order valence-electron chi connectivity index (χ1n) is 10.0. The molecule has 6 nitrogen and oxygen atoms in total. The monoisotopic (exact) mass is 404 g/mol. The van der Waals surface area contributed by atoms with Gasteiger partial charge in [-0.15, -0.1) is 0 Å². The number of aliphatic hydroxyl groups excluding tert-OH is 1. The fraction of sp³-hybridized carbons (Fsp3) is 0.250. The lowest BCUT2D eigenvalue weighted by molar-refractivity contribution is 0.102. The van der Waals surface area contributed by atoms with E-state index in [0.717, 1.165) is 33.6 Å². The van der Waals surface area contributed by atoms with Crippen molar-refractivity contribution in [1.29, 1.82) is 0 Å². The van der Waals surface area contributed by atoms with Gasteiger partial charge in [0, 0.05) is 37.7 Å². The Bertz CT molecular complexity index is 1020. The van der Waals surface area contributed by atoms with Crippen LogP contribution >= 0.6 is 0 Å². The molecule has 0 aliphatic heterocycles. The molecule has 0 spiro atoms. The van der Waals surface area contributed by atoms with E-state index in [2.05, 4.69) is 46.1 Å². The number of aromatic nitrogens is 1. The van der Waals surface area contributed by atoms with Crippen LogP contribution in [0.15, 0.2) is 54.7 Å². The molecule has 0 saturated heterocycles. The van der Waals surface area contributed by atoms with Crippen LogP contribution in [0.3, 0.4) is 0 Å². The minimum Gasteiger partial charge on any atom is -0.395 e. The summed E-state index contributed by atoms with van der Waals surface area (Å²) in [7, 11) is 1.91. The van der Waals surface area contributed by atoms with Crippen LogP contribution in [0.5, 0.6) is 0 Å². The number of anilines is 2. The Morgan fingerprint density at radius 3 is 2.23 bits per heavy atom. The van der Waals surface area contributed by atoms with E-state index in [1.54, 1.807) is 12.3 Å². The maximum absolute atomic E-state index is 12.7. The van der Waals surface area contributed by atoms with Crippen LogP contribution in [0.2, 0.25) is 0 Å². The molecule has 0 unspecified atom stereocenters. The first-order chi connectivity index (χ1) is 14.5. The third-order valence-corrected chi connectivity index (χ3v) is 5.15. The van der Waals surface area contributed by atoms with E-state index in [0.29, 0.717) is 18.8 Å². The molecule has 3 aromatic rings. The number of amides is 1. The maximum atomic E-state index is 12.7. The van der Waals surface area contributed by atoms with Crippen molar-refractivity contribution in [2.24, 2.45) is 0 Å². The minimum atomic E-state index is -0.245. The number of nitrogens with zero attached hydrogens (tertiary/aromatic N) is 1. The van der Waals surface area contributed by atoms with Crippen molar-refractivity contribution in [2.45, 2.75) is 20.4 Å². The van der Waals surface area contributed by atoms with Crippen molar-refractivity contribution in [3.8, 4) is 11.1 Å². The second kappa shape index (κ2) is 10.0. The molecule has 2 aromatic carbocycles. The molecule has 0 saturated carbocycles. The smallest absolute Gasteiger partial charge is 0.274 e. The van der Waals surface area contributed by atoms with Crippen LogP contribution < -0.4 is 16.0 Å². The van der Waals surface area contributed by atoms with Gasteiger partial charge in [0.2, 0.25) is 0 Å². The van der Waals surface area contributed by atoms with Crippen molar-refractivity contribution in [3.63, 3.8) is 0 Å². The highest BCUT2D eigenvalue weighted by atomic mass is 16.3. The third-order valence-electron chi connectivity index (χ3n) is 5.15. The lowest BCUT2D eigenvalue weighted by Gasteiger charge is -2.16. The fourth-order valence-corrected chi connectivity index (χ4v) is 3.42. The quantitative estimate of drug-likeness (QED) is 0.430. The number of nitrogens with one attached hydrogen (secondary N) is 3. The van der Waals surface area contributed by atoms with Gasteiger partial charge in [-0.25, -0.2) is 0 Å². The van der Waals surface area contributed by atoms with E-state index in [1.165, 1.54) is 5.56 Å². The number of rotatable bonds is 8. The molecule has 0 aliphatic rings. The summed E-state index contributed by atoms with van der Waals surface area (Å²) in [5.74, 6) is -0.245. The van der Waals surface area contributed by atoms with Gasteiger partial charge in [-0.3, -0.25) is 9.78 Å². The Morgan fingerprint density at radius 2 is 1.63 bits per heavy atom. The Hall–Kier alpha value is -3.22. The molecule has 156 valence electrons. The van der Waals surface area contributed by atoms with E-state index in [9.17, 15) is 4.79 Å². The van der Waals surface area contributed by atoms with Gasteiger partial charge in [-0.05, 0) is 59.9 Å². The summed E-state index contributed by atoms with van der Waals surface area (Å²) in [5.41, 5.74) is 7.55. The summed E-state index contributed by atoms with van der Waals surface area (Å²) < 4.78 is 0. The maximum Gasteiger partial charge on any atom is 0.274 e. The van der Waals surface area contributed by atoms with Gasteiger partial charge in [0.15, 0.2) is 0 Å². The van der Waals surface area contributed by atoms with Crippen LogP contribution in [-0.2, 0) is 6.54 Å². The zero-order chi connectivity index (χ0) is 21.5. The molecule has 0 bridgehead atoms. The number of hydrogen-bond donors (Lipinski definition) is 4. The van der Waals surface area contributed by atoms with E-state index in [4.69, 9.17) is 5.11 Å². The zero-order valence-corrected chi connectivity index (χ0v) is 17.6. The molecule has 1 heterocycles. The third kappa shape index (κ3) is 4.84. The van der Waals surface area contributed by atoms with E-state index < -0.39 is 0 Å². The Kier molecular flexibility index (Phi) is 7.17. The second-order valence-electron chi connectivity index (χ2n) is 7.11. The number of benzene rings is 2. The molecule has 0 aliphatic carbocycles. The topological polar surface area (TPSA) is 86.3 Å². The van der Waals surface area contributed by atoms with Gasteiger partial charge in [0.05, 0.1) is 6.61 Å². The molecule has 3 rings (SSSR count). The van der Waals surface area contributed by atoms with Crippen LogP contribution in [0.25, 0.3) is 11.1 Å². The van der Waals surface area contributed by atoms with E-state index >= 15 is 0 Å². The Morgan fingerprint density at radius 1 is 0.967 bits per heavy atom. The highest BCUT2D eigenvalue weighted by Crippen LogP contribution is 2.33. The van der Waals surface area contributed by atoms with Crippen LogP contribution in [-0.4, -0.2) is 36.2 Å².